The first-order valence-electron chi connectivity index (χ1n) is 4.83. The van der Waals surface area contributed by atoms with Crippen LogP contribution in [0.5, 0.6) is 0 Å². The number of thioether (sulfide) groups is 1. The fourth-order valence-corrected chi connectivity index (χ4v) is 1.41. The summed E-state index contributed by atoms with van der Waals surface area (Å²) in [7, 11) is 0. The molecule has 0 aliphatic rings. The fraction of sp³-hybridized carbons (Fsp3) is 0.167. The molecular formula is C12H12N2O2S. The predicted octanol–water partition coefficient (Wildman–Crippen LogP) is 1.41. The van der Waals surface area contributed by atoms with Crippen LogP contribution in [0.3, 0.4) is 0 Å². The molecule has 0 heterocycles. The van der Waals surface area contributed by atoms with E-state index in [1.165, 1.54) is 18.7 Å². The van der Waals surface area contributed by atoms with Crippen molar-refractivity contribution in [2.75, 3.05) is 5.75 Å². The third-order valence-electron chi connectivity index (χ3n) is 1.87. The summed E-state index contributed by atoms with van der Waals surface area (Å²) in [5, 5.41) is 11.4. The highest BCUT2D eigenvalue weighted by Gasteiger charge is 1.97. The van der Waals surface area contributed by atoms with Gasteiger partial charge in [0.15, 0.2) is 11.0 Å². The predicted molar refractivity (Wildman–Crippen MR) is 69.0 cm³/mol. The van der Waals surface area contributed by atoms with Gasteiger partial charge in [0.25, 0.3) is 0 Å². The normalized spacial score (nSPS) is 10.5. The Morgan fingerprint density at radius 1 is 1.47 bits per heavy atom. The Morgan fingerprint density at radius 3 is 2.65 bits per heavy atom. The summed E-state index contributed by atoms with van der Waals surface area (Å²) in [6.07, 6.45) is 0. The van der Waals surface area contributed by atoms with Gasteiger partial charge in [0.2, 0.25) is 0 Å². The van der Waals surface area contributed by atoms with E-state index in [4.69, 9.17) is 10.9 Å². The second-order valence-corrected chi connectivity index (χ2v) is 4.30. The van der Waals surface area contributed by atoms with Crippen molar-refractivity contribution in [3.63, 3.8) is 0 Å². The lowest BCUT2D eigenvalue weighted by Gasteiger charge is -1.97. The summed E-state index contributed by atoms with van der Waals surface area (Å²) in [4.78, 5) is 10.7. The van der Waals surface area contributed by atoms with E-state index in [1.807, 2.05) is 0 Å². The zero-order chi connectivity index (χ0) is 12.7. The van der Waals surface area contributed by atoms with Gasteiger partial charge in [-0.15, -0.1) is 0 Å². The monoisotopic (exact) mass is 248 g/mol. The van der Waals surface area contributed by atoms with E-state index in [2.05, 4.69) is 17.0 Å². The molecule has 0 radical (unpaired) electrons. The van der Waals surface area contributed by atoms with Crippen molar-refractivity contribution in [3.05, 3.63) is 35.4 Å². The number of oxime groups is 1. The number of rotatable bonds is 2. The van der Waals surface area contributed by atoms with Crippen LogP contribution >= 0.6 is 11.8 Å². The Balaban J connectivity index is 2.65. The number of benzene rings is 1. The minimum absolute atomic E-state index is 0.0570. The highest BCUT2D eigenvalue weighted by atomic mass is 32.2. The highest BCUT2D eigenvalue weighted by Crippen LogP contribution is 2.03. The molecule has 0 unspecified atom stereocenters. The van der Waals surface area contributed by atoms with E-state index < -0.39 is 0 Å². The van der Waals surface area contributed by atoms with Gasteiger partial charge in [0, 0.05) is 18.1 Å². The second-order valence-electron chi connectivity index (χ2n) is 3.14. The molecule has 88 valence electrons. The Bertz CT molecular complexity index is 483. The molecule has 5 heteroatoms. The SMILES string of the molecule is CC(=O)SCC#Cc1ccc(C(N)=NO)cc1. The molecule has 17 heavy (non-hydrogen) atoms. The van der Waals surface area contributed by atoms with Crippen molar-refractivity contribution in [2.45, 2.75) is 6.92 Å². The molecule has 0 spiro atoms. The van der Waals surface area contributed by atoms with E-state index in [0.717, 1.165) is 5.56 Å². The minimum Gasteiger partial charge on any atom is -0.409 e. The van der Waals surface area contributed by atoms with Gasteiger partial charge in [-0.2, -0.15) is 0 Å². The summed E-state index contributed by atoms with van der Waals surface area (Å²) in [5.74, 6) is 6.34. The van der Waals surface area contributed by atoms with Crippen LogP contribution in [-0.4, -0.2) is 21.9 Å². The van der Waals surface area contributed by atoms with Crippen molar-refractivity contribution in [2.24, 2.45) is 10.9 Å². The molecule has 3 N–H and O–H groups in total. The summed E-state index contributed by atoms with van der Waals surface area (Å²) in [6.45, 7) is 1.51. The van der Waals surface area contributed by atoms with Gasteiger partial charge >= 0.3 is 0 Å². The smallest absolute Gasteiger partial charge is 0.186 e. The highest BCUT2D eigenvalue weighted by molar-refractivity contribution is 8.13. The number of amidine groups is 1. The molecule has 4 nitrogen and oxygen atoms in total. The summed E-state index contributed by atoms with van der Waals surface area (Å²) < 4.78 is 0. The van der Waals surface area contributed by atoms with Crippen LogP contribution in [0.15, 0.2) is 29.4 Å². The van der Waals surface area contributed by atoms with Crippen molar-refractivity contribution in [1.29, 1.82) is 0 Å². The Morgan fingerprint density at radius 2 is 2.12 bits per heavy atom. The van der Waals surface area contributed by atoms with E-state index in [1.54, 1.807) is 24.3 Å². The molecule has 1 rings (SSSR count). The number of carbonyl (C=O) groups excluding carboxylic acids is 1. The first-order chi connectivity index (χ1) is 8.13. The zero-order valence-corrected chi connectivity index (χ0v) is 10.1. The van der Waals surface area contributed by atoms with Gasteiger partial charge in [-0.1, -0.05) is 28.8 Å². The molecule has 0 aromatic heterocycles. The van der Waals surface area contributed by atoms with E-state index in [9.17, 15) is 4.79 Å². The van der Waals surface area contributed by atoms with Crippen LogP contribution in [0.2, 0.25) is 0 Å². The number of hydrogen-bond acceptors (Lipinski definition) is 4. The van der Waals surface area contributed by atoms with Gasteiger partial charge < -0.3 is 10.9 Å². The topological polar surface area (TPSA) is 75.7 Å². The van der Waals surface area contributed by atoms with Crippen LogP contribution in [0.1, 0.15) is 18.1 Å². The Labute approximate surface area is 104 Å². The summed E-state index contributed by atoms with van der Waals surface area (Å²) >= 11 is 1.18. The minimum atomic E-state index is 0.0570. The van der Waals surface area contributed by atoms with Crippen molar-refractivity contribution in [1.82, 2.24) is 0 Å². The molecule has 0 saturated heterocycles. The van der Waals surface area contributed by atoms with Crippen LogP contribution in [-0.2, 0) is 4.79 Å². The molecular weight excluding hydrogens is 236 g/mol. The lowest BCUT2D eigenvalue weighted by atomic mass is 10.1. The van der Waals surface area contributed by atoms with Crippen LogP contribution in [0.4, 0.5) is 0 Å². The molecule has 0 atom stereocenters. The zero-order valence-electron chi connectivity index (χ0n) is 9.30. The molecule has 0 amide bonds. The first kappa shape index (κ1) is 13.1. The molecule has 1 aromatic carbocycles. The molecule has 0 fully saturated rings. The van der Waals surface area contributed by atoms with Crippen LogP contribution < -0.4 is 5.73 Å². The molecule has 1 aromatic rings. The van der Waals surface area contributed by atoms with Gasteiger partial charge in [-0.05, 0) is 24.3 Å². The molecule has 0 bridgehead atoms. The maximum atomic E-state index is 10.7. The summed E-state index contributed by atoms with van der Waals surface area (Å²) in [6, 6.07) is 6.99. The quantitative estimate of drug-likeness (QED) is 0.273. The van der Waals surface area contributed by atoms with E-state index >= 15 is 0 Å². The van der Waals surface area contributed by atoms with Crippen molar-refractivity contribution < 1.29 is 10.0 Å². The second kappa shape index (κ2) is 6.61. The number of nitrogens with zero attached hydrogens (tertiary/aromatic N) is 1. The maximum Gasteiger partial charge on any atom is 0.186 e. The summed E-state index contributed by atoms with van der Waals surface area (Å²) in [5.41, 5.74) is 6.88. The van der Waals surface area contributed by atoms with Crippen molar-refractivity contribution in [3.8, 4) is 11.8 Å². The standard InChI is InChI=1S/C12H12N2O2S/c1-9(15)17-8-2-3-10-4-6-11(7-5-10)12(13)14-16/h4-7,16H,8H2,1H3,(H2,13,14). The maximum absolute atomic E-state index is 10.7. The number of hydrogen-bond donors (Lipinski definition) is 2. The van der Waals surface area contributed by atoms with E-state index in [-0.39, 0.29) is 11.0 Å². The lowest BCUT2D eigenvalue weighted by Crippen LogP contribution is -2.12. The first-order valence-corrected chi connectivity index (χ1v) is 5.82. The lowest BCUT2D eigenvalue weighted by molar-refractivity contribution is -0.109. The molecule has 0 saturated carbocycles. The van der Waals surface area contributed by atoms with E-state index in [0.29, 0.717) is 11.3 Å². The van der Waals surface area contributed by atoms with Crippen LogP contribution in [0.25, 0.3) is 0 Å². The van der Waals surface area contributed by atoms with Gasteiger partial charge in [-0.3, -0.25) is 4.79 Å². The molecule has 0 aliphatic heterocycles. The van der Waals surface area contributed by atoms with Gasteiger partial charge in [-0.25, -0.2) is 0 Å². The molecule has 0 aliphatic carbocycles. The Hall–Kier alpha value is -1.93. The fourth-order valence-electron chi connectivity index (χ4n) is 1.06. The van der Waals surface area contributed by atoms with Gasteiger partial charge in [0.05, 0.1) is 5.75 Å². The number of nitrogens with two attached hydrogens (primary N) is 1. The third-order valence-corrected chi connectivity index (χ3v) is 2.56. The average Bonchev–Trinajstić information content (AvgIpc) is 2.34. The van der Waals surface area contributed by atoms with Crippen molar-refractivity contribution >= 4 is 22.7 Å². The number of carbonyl (C=O) groups is 1. The largest absolute Gasteiger partial charge is 0.409 e. The van der Waals surface area contributed by atoms with Crippen LogP contribution in [0, 0.1) is 11.8 Å². The average molecular weight is 248 g/mol. The van der Waals surface area contributed by atoms with Gasteiger partial charge in [0.1, 0.15) is 0 Å². The third kappa shape index (κ3) is 4.62. The Kier molecular flexibility index (Phi) is 5.11.